The van der Waals surface area contributed by atoms with Gasteiger partial charge in [-0.3, -0.25) is 0 Å². The second kappa shape index (κ2) is 4.64. The molecule has 1 unspecified atom stereocenters. The van der Waals surface area contributed by atoms with Crippen molar-refractivity contribution in [3.63, 3.8) is 0 Å². The van der Waals surface area contributed by atoms with Gasteiger partial charge in [0.25, 0.3) is 5.89 Å². The predicted molar refractivity (Wildman–Crippen MR) is 76.8 cm³/mol. The SMILES string of the molecule is OC1(c2nc(C3(c4ccccc4)CCC3)no2)CCNC1. The Hall–Kier alpha value is -1.72. The first kappa shape index (κ1) is 13.0. The first-order chi connectivity index (χ1) is 10.2. The van der Waals surface area contributed by atoms with Gasteiger partial charge >= 0.3 is 0 Å². The molecule has 2 fully saturated rings. The average molecular weight is 285 g/mol. The van der Waals surface area contributed by atoms with Crippen molar-refractivity contribution >= 4 is 0 Å². The lowest BCUT2D eigenvalue weighted by atomic mass is 9.64. The Morgan fingerprint density at radius 2 is 1.95 bits per heavy atom. The summed E-state index contributed by atoms with van der Waals surface area (Å²) in [5, 5.41) is 17.9. The van der Waals surface area contributed by atoms with E-state index in [1.54, 1.807) is 0 Å². The molecule has 1 aliphatic carbocycles. The van der Waals surface area contributed by atoms with Crippen LogP contribution in [0.3, 0.4) is 0 Å². The van der Waals surface area contributed by atoms with Crippen molar-refractivity contribution in [2.75, 3.05) is 13.1 Å². The van der Waals surface area contributed by atoms with Crippen LogP contribution in [0.1, 0.15) is 43.0 Å². The monoisotopic (exact) mass is 285 g/mol. The van der Waals surface area contributed by atoms with Crippen molar-refractivity contribution in [2.45, 2.75) is 36.7 Å². The summed E-state index contributed by atoms with van der Waals surface area (Å²) < 4.78 is 5.40. The van der Waals surface area contributed by atoms with Gasteiger partial charge in [0.2, 0.25) is 0 Å². The second-order valence-corrected chi connectivity index (χ2v) is 6.18. The minimum atomic E-state index is -1.01. The van der Waals surface area contributed by atoms with E-state index in [-0.39, 0.29) is 5.41 Å². The molecule has 1 aromatic heterocycles. The molecular weight excluding hydrogens is 266 g/mol. The summed E-state index contributed by atoms with van der Waals surface area (Å²) in [6, 6.07) is 10.4. The van der Waals surface area contributed by atoms with E-state index in [2.05, 4.69) is 27.6 Å². The van der Waals surface area contributed by atoms with Crippen molar-refractivity contribution in [1.29, 1.82) is 0 Å². The Morgan fingerprint density at radius 1 is 1.14 bits per heavy atom. The molecule has 2 heterocycles. The van der Waals surface area contributed by atoms with Gasteiger partial charge in [-0.1, -0.05) is 41.9 Å². The number of hydrogen-bond acceptors (Lipinski definition) is 5. The highest BCUT2D eigenvalue weighted by Crippen LogP contribution is 2.48. The van der Waals surface area contributed by atoms with Crippen molar-refractivity contribution in [2.24, 2.45) is 0 Å². The number of rotatable bonds is 3. The molecule has 1 atom stereocenters. The third kappa shape index (κ3) is 1.92. The van der Waals surface area contributed by atoms with Gasteiger partial charge in [-0.15, -0.1) is 0 Å². The molecule has 2 N–H and O–H groups in total. The predicted octanol–water partition coefficient (Wildman–Crippen LogP) is 1.72. The topological polar surface area (TPSA) is 71.2 Å². The summed E-state index contributed by atoms with van der Waals surface area (Å²) >= 11 is 0. The number of nitrogens with zero attached hydrogens (tertiary/aromatic N) is 2. The van der Waals surface area contributed by atoms with Crippen LogP contribution in [-0.2, 0) is 11.0 Å². The summed E-state index contributed by atoms with van der Waals surface area (Å²) in [5.41, 5.74) is 0.0956. The van der Waals surface area contributed by atoms with Crippen LogP contribution in [0.5, 0.6) is 0 Å². The third-order valence-corrected chi connectivity index (χ3v) is 4.92. The summed E-state index contributed by atoms with van der Waals surface area (Å²) in [5.74, 6) is 1.07. The smallest absolute Gasteiger partial charge is 0.260 e. The van der Waals surface area contributed by atoms with E-state index in [1.165, 1.54) is 12.0 Å². The molecule has 4 rings (SSSR count). The molecule has 1 saturated carbocycles. The Balaban J connectivity index is 1.71. The van der Waals surface area contributed by atoms with Gasteiger partial charge in [0.15, 0.2) is 11.4 Å². The molecule has 0 radical (unpaired) electrons. The van der Waals surface area contributed by atoms with Gasteiger partial charge in [-0.2, -0.15) is 4.98 Å². The van der Waals surface area contributed by atoms with Gasteiger partial charge in [0.1, 0.15) is 0 Å². The van der Waals surface area contributed by atoms with Crippen molar-refractivity contribution in [3.8, 4) is 0 Å². The van der Waals surface area contributed by atoms with E-state index < -0.39 is 5.60 Å². The lowest BCUT2D eigenvalue weighted by Crippen LogP contribution is -2.37. The fourth-order valence-electron chi connectivity index (χ4n) is 3.40. The Morgan fingerprint density at radius 3 is 2.57 bits per heavy atom. The first-order valence-electron chi connectivity index (χ1n) is 7.56. The molecule has 2 aromatic rings. The first-order valence-corrected chi connectivity index (χ1v) is 7.56. The molecular formula is C16H19N3O2. The number of aliphatic hydroxyl groups is 1. The van der Waals surface area contributed by atoms with Crippen LogP contribution in [-0.4, -0.2) is 28.3 Å². The van der Waals surface area contributed by atoms with E-state index in [9.17, 15) is 5.11 Å². The zero-order valence-corrected chi connectivity index (χ0v) is 11.9. The Bertz CT molecular complexity index is 628. The normalized spacial score (nSPS) is 27.5. The summed E-state index contributed by atoms with van der Waals surface area (Å²) in [7, 11) is 0. The van der Waals surface area contributed by atoms with Gasteiger partial charge in [-0.25, -0.2) is 0 Å². The van der Waals surface area contributed by atoms with Gasteiger partial charge in [0, 0.05) is 6.54 Å². The number of β-amino-alcohol motifs (C(OH)–C–C–N with tert-alkyl or cyclic N) is 1. The van der Waals surface area contributed by atoms with Gasteiger partial charge < -0.3 is 14.9 Å². The Labute approximate surface area is 123 Å². The Kier molecular flexibility index (Phi) is 2.87. The molecule has 1 aromatic carbocycles. The lowest BCUT2D eigenvalue weighted by Gasteiger charge is -2.39. The van der Waals surface area contributed by atoms with Crippen molar-refractivity contribution in [1.82, 2.24) is 15.5 Å². The second-order valence-electron chi connectivity index (χ2n) is 6.18. The largest absolute Gasteiger partial charge is 0.379 e. The van der Waals surface area contributed by atoms with E-state index >= 15 is 0 Å². The number of nitrogens with one attached hydrogen (secondary N) is 1. The molecule has 0 bridgehead atoms. The van der Waals surface area contributed by atoms with Crippen LogP contribution in [0.4, 0.5) is 0 Å². The lowest BCUT2D eigenvalue weighted by molar-refractivity contribution is 0.0242. The highest BCUT2D eigenvalue weighted by molar-refractivity contribution is 5.35. The molecule has 5 heteroatoms. The van der Waals surface area contributed by atoms with Crippen LogP contribution in [0.15, 0.2) is 34.9 Å². The van der Waals surface area contributed by atoms with Crippen molar-refractivity contribution in [3.05, 3.63) is 47.6 Å². The quantitative estimate of drug-likeness (QED) is 0.898. The highest BCUT2D eigenvalue weighted by atomic mass is 16.5. The average Bonchev–Trinajstić information content (AvgIpc) is 3.09. The van der Waals surface area contributed by atoms with Crippen LogP contribution >= 0.6 is 0 Å². The van der Waals surface area contributed by atoms with E-state index in [1.807, 2.05) is 18.2 Å². The maximum absolute atomic E-state index is 10.5. The van der Waals surface area contributed by atoms with Crippen molar-refractivity contribution < 1.29 is 9.63 Å². The van der Waals surface area contributed by atoms with Crippen LogP contribution in [0, 0.1) is 0 Å². The highest BCUT2D eigenvalue weighted by Gasteiger charge is 2.46. The van der Waals surface area contributed by atoms with Crippen LogP contribution in [0.2, 0.25) is 0 Å². The third-order valence-electron chi connectivity index (χ3n) is 4.92. The molecule has 2 aliphatic rings. The maximum atomic E-state index is 10.5. The minimum absolute atomic E-state index is 0.134. The number of aromatic nitrogens is 2. The zero-order chi connectivity index (χ0) is 14.3. The van der Waals surface area contributed by atoms with Gasteiger partial charge in [-0.05, 0) is 31.4 Å². The fraction of sp³-hybridized carbons (Fsp3) is 0.500. The summed E-state index contributed by atoms with van der Waals surface area (Å²) in [6.45, 7) is 1.25. The van der Waals surface area contributed by atoms with Crippen LogP contribution in [0.25, 0.3) is 0 Å². The molecule has 0 amide bonds. The van der Waals surface area contributed by atoms with Gasteiger partial charge in [0.05, 0.1) is 5.41 Å². The number of hydrogen-bond donors (Lipinski definition) is 2. The summed E-state index contributed by atoms with van der Waals surface area (Å²) in [6.07, 6.45) is 3.86. The molecule has 21 heavy (non-hydrogen) atoms. The fourth-order valence-corrected chi connectivity index (χ4v) is 3.40. The molecule has 1 saturated heterocycles. The van der Waals surface area contributed by atoms with E-state index in [4.69, 9.17) is 4.52 Å². The molecule has 0 spiro atoms. The molecule has 1 aliphatic heterocycles. The minimum Gasteiger partial charge on any atom is -0.379 e. The van der Waals surface area contributed by atoms with Crippen LogP contribution < -0.4 is 5.32 Å². The molecule has 110 valence electrons. The van der Waals surface area contributed by atoms with E-state index in [0.29, 0.717) is 18.9 Å². The maximum Gasteiger partial charge on any atom is 0.260 e. The standard InChI is InChI=1S/C16H19N3O2/c20-16(9-10-17-11-16)14-18-13(19-21-14)15(7-4-8-15)12-5-2-1-3-6-12/h1-3,5-6,17,20H,4,7-11H2. The van der Waals surface area contributed by atoms with E-state index in [0.717, 1.165) is 25.2 Å². The molecule has 5 nitrogen and oxygen atoms in total. The zero-order valence-electron chi connectivity index (χ0n) is 11.9. The number of benzene rings is 1. The summed E-state index contributed by atoms with van der Waals surface area (Å²) in [4.78, 5) is 4.57.